The van der Waals surface area contributed by atoms with Gasteiger partial charge in [0.05, 0.1) is 6.61 Å². The first-order chi connectivity index (χ1) is 9.29. The average Bonchev–Trinajstić information content (AvgIpc) is 2.44. The highest BCUT2D eigenvalue weighted by molar-refractivity contribution is 5.38. The maximum Gasteiger partial charge on any atom is 0.122 e. The van der Waals surface area contributed by atoms with Crippen molar-refractivity contribution >= 4 is 0 Å². The van der Waals surface area contributed by atoms with Gasteiger partial charge in [-0.2, -0.15) is 0 Å². The summed E-state index contributed by atoms with van der Waals surface area (Å²) in [6, 6.07) is 6.62. The molecule has 19 heavy (non-hydrogen) atoms. The van der Waals surface area contributed by atoms with Crippen LogP contribution in [0, 0.1) is 5.92 Å². The van der Waals surface area contributed by atoms with Crippen LogP contribution in [0.3, 0.4) is 0 Å². The molecule has 0 saturated heterocycles. The highest BCUT2D eigenvalue weighted by Gasteiger charge is 2.10. The van der Waals surface area contributed by atoms with Crippen molar-refractivity contribution < 1.29 is 4.74 Å². The van der Waals surface area contributed by atoms with Gasteiger partial charge >= 0.3 is 0 Å². The van der Waals surface area contributed by atoms with E-state index in [1.54, 1.807) is 0 Å². The van der Waals surface area contributed by atoms with Crippen LogP contribution in [-0.4, -0.2) is 26.2 Å². The van der Waals surface area contributed by atoms with Gasteiger partial charge in [0.1, 0.15) is 5.75 Å². The summed E-state index contributed by atoms with van der Waals surface area (Å²) in [5, 5.41) is 3.51. The summed E-state index contributed by atoms with van der Waals surface area (Å²) in [6.07, 6.45) is 4.49. The Labute approximate surface area is 116 Å². The van der Waals surface area contributed by atoms with Crippen LogP contribution in [0.5, 0.6) is 5.75 Å². The number of ether oxygens (including phenoxy) is 1. The van der Waals surface area contributed by atoms with Crippen molar-refractivity contribution in [1.29, 1.82) is 0 Å². The molecule has 0 aliphatic carbocycles. The molecule has 1 atom stereocenters. The lowest BCUT2D eigenvalue weighted by atomic mass is 10.0. The van der Waals surface area contributed by atoms with E-state index < -0.39 is 0 Å². The number of hydrogen-bond donors (Lipinski definition) is 2. The SMILES string of the molecule is CC(CCN)CNCCc1ccc2c(c1)CCCO2. The molecule has 1 aliphatic rings. The summed E-state index contributed by atoms with van der Waals surface area (Å²) in [5.41, 5.74) is 8.33. The van der Waals surface area contributed by atoms with E-state index in [0.29, 0.717) is 5.92 Å². The van der Waals surface area contributed by atoms with Crippen LogP contribution in [0.1, 0.15) is 30.9 Å². The van der Waals surface area contributed by atoms with E-state index in [-0.39, 0.29) is 0 Å². The first-order valence-electron chi connectivity index (χ1n) is 7.45. The van der Waals surface area contributed by atoms with Gasteiger partial charge in [0.2, 0.25) is 0 Å². The Morgan fingerprint density at radius 2 is 2.32 bits per heavy atom. The van der Waals surface area contributed by atoms with Crippen molar-refractivity contribution in [3.63, 3.8) is 0 Å². The van der Waals surface area contributed by atoms with Gasteiger partial charge in [0.15, 0.2) is 0 Å². The van der Waals surface area contributed by atoms with Crippen LogP contribution in [0.4, 0.5) is 0 Å². The number of benzene rings is 1. The van der Waals surface area contributed by atoms with Gasteiger partial charge < -0.3 is 15.8 Å². The molecule has 106 valence electrons. The Morgan fingerprint density at radius 1 is 1.42 bits per heavy atom. The largest absolute Gasteiger partial charge is 0.493 e. The minimum absolute atomic E-state index is 0.668. The third kappa shape index (κ3) is 4.51. The summed E-state index contributed by atoms with van der Waals surface area (Å²) < 4.78 is 5.63. The van der Waals surface area contributed by atoms with Gasteiger partial charge in [0.25, 0.3) is 0 Å². The molecular weight excluding hydrogens is 236 g/mol. The van der Waals surface area contributed by atoms with Crippen molar-refractivity contribution in [2.75, 3.05) is 26.2 Å². The van der Waals surface area contributed by atoms with E-state index in [1.165, 1.54) is 11.1 Å². The highest BCUT2D eigenvalue weighted by Crippen LogP contribution is 2.25. The Bertz CT molecular complexity index is 392. The Kier molecular flexibility index (Phi) is 5.67. The summed E-state index contributed by atoms with van der Waals surface area (Å²) >= 11 is 0. The van der Waals surface area contributed by atoms with Gasteiger partial charge in [-0.1, -0.05) is 19.1 Å². The standard InChI is InChI=1S/C16H26N2O/c1-13(6-8-17)12-18-9-7-14-4-5-16-15(11-14)3-2-10-19-16/h4-5,11,13,18H,2-3,6-10,12,17H2,1H3. The lowest BCUT2D eigenvalue weighted by molar-refractivity contribution is 0.288. The molecule has 2 rings (SSSR count). The average molecular weight is 262 g/mol. The molecule has 1 aromatic rings. The van der Waals surface area contributed by atoms with Crippen molar-refractivity contribution in [2.45, 2.75) is 32.6 Å². The first-order valence-corrected chi connectivity index (χ1v) is 7.45. The Balaban J connectivity index is 1.74. The van der Waals surface area contributed by atoms with Crippen LogP contribution in [0.25, 0.3) is 0 Å². The van der Waals surface area contributed by atoms with Crippen LogP contribution >= 0.6 is 0 Å². The molecule has 0 fully saturated rings. The quantitative estimate of drug-likeness (QED) is 0.740. The lowest BCUT2D eigenvalue weighted by Gasteiger charge is -2.18. The zero-order chi connectivity index (χ0) is 13.5. The third-order valence-electron chi connectivity index (χ3n) is 3.72. The molecule has 3 heteroatoms. The van der Waals surface area contributed by atoms with E-state index in [1.807, 2.05) is 0 Å². The van der Waals surface area contributed by atoms with Crippen molar-refractivity contribution in [3.05, 3.63) is 29.3 Å². The maximum absolute atomic E-state index is 5.63. The zero-order valence-corrected chi connectivity index (χ0v) is 12.0. The molecule has 3 nitrogen and oxygen atoms in total. The fourth-order valence-electron chi connectivity index (χ4n) is 2.54. The summed E-state index contributed by atoms with van der Waals surface area (Å²) in [7, 11) is 0. The molecule has 1 heterocycles. The molecular formula is C16H26N2O. The highest BCUT2D eigenvalue weighted by atomic mass is 16.5. The molecule has 0 amide bonds. The van der Waals surface area contributed by atoms with Gasteiger partial charge in [-0.15, -0.1) is 0 Å². The van der Waals surface area contributed by atoms with Crippen molar-refractivity contribution in [1.82, 2.24) is 5.32 Å². The summed E-state index contributed by atoms with van der Waals surface area (Å²) in [5.74, 6) is 1.75. The van der Waals surface area contributed by atoms with E-state index >= 15 is 0 Å². The van der Waals surface area contributed by atoms with Crippen LogP contribution in [0.2, 0.25) is 0 Å². The molecule has 0 spiro atoms. The number of aryl methyl sites for hydroxylation is 1. The molecule has 1 aromatic carbocycles. The fraction of sp³-hybridized carbons (Fsp3) is 0.625. The smallest absolute Gasteiger partial charge is 0.122 e. The molecule has 1 unspecified atom stereocenters. The second-order valence-electron chi connectivity index (χ2n) is 5.53. The van der Waals surface area contributed by atoms with Crippen molar-refractivity contribution in [2.24, 2.45) is 11.7 Å². The molecule has 1 aliphatic heterocycles. The normalized spacial score (nSPS) is 15.7. The van der Waals surface area contributed by atoms with E-state index in [9.17, 15) is 0 Å². The second kappa shape index (κ2) is 7.51. The maximum atomic E-state index is 5.63. The molecule has 0 bridgehead atoms. The van der Waals surface area contributed by atoms with Crippen molar-refractivity contribution in [3.8, 4) is 5.75 Å². The number of rotatable bonds is 7. The third-order valence-corrected chi connectivity index (χ3v) is 3.72. The van der Waals surface area contributed by atoms with E-state index in [0.717, 1.165) is 57.7 Å². The minimum atomic E-state index is 0.668. The summed E-state index contributed by atoms with van der Waals surface area (Å²) in [6.45, 7) is 6.00. The van der Waals surface area contributed by atoms with Gasteiger partial charge in [-0.05, 0) is 68.4 Å². The monoisotopic (exact) mass is 262 g/mol. The fourth-order valence-corrected chi connectivity index (χ4v) is 2.54. The molecule has 0 saturated carbocycles. The van der Waals surface area contributed by atoms with E-state index in [4.69, 9.17) is 10.5 Å². The van der Waals surface area contributed by atoms with Crippen LogP contribution in [0.15, 0.2) is 18.2 Å². The predicted molar refractivity (Wildman–Crippen MR) is 79.7 cm³/mol. The van der Waals surface area contributed by atoms with E-state index in [2.05, 4.69) is 30.4 Å². The number of nitrogens with two attached hydrogens (primary N) is 1. The topological polar surface area (TPSA) is 47.3 Å². The Hall–Kier alpha value is -1.06. The van der Waals surface area contributed by atoms with Gasteiger partial charge in [-0.25, -0.2) is 0 Å². The second-order valence-corrected chi connectivity index (χ2v) is 5.53. The molecule has 3 N–H and O–H groups in total. The number of fused-ring (bicyclic) bond motifs is 1. The number of hydrogen-bond acceptors (Lipinski definition) is 3. The zero-order valence-electron chi connectivity index (χ0n) is 12.0. The van der Waals surface area contributed by atoms with Crippen LogP contribution in [-0.2, 0) is 12.8 Å². The number of nitrogens with one attached hydrogen (secondary N) is 1. The van der Waals surface area contributed by atoms with Gasteiger partial charge in [0, 0.05) is 0 Å². The minimum Gasteiger partial charge on any atom is -0.493 e. The predicted octanol–water partition coefficient (Wildman–Crippen LogP) is 2.13. The lowest BCUT2D eigenvalue weighted by Crippen LogP contribution is -2.25. The summed E-state index contributed by atoms with van der Waals surface area (Å²) in [4.78, 5) is 0. The Morgan fingerprint density at radius 3 is 3.16 bits per heavy atom. The van der Waals surface area contributed by atoms with Gasteiger partial charge in [-0.3, -0.25) is 0 Å². The van der Waals surface area contributed by atoms with Crippen LogP contribution < -0.4 is 15.8 Å². The molecule has 0 aromatic heterocycles. The first kappa shape index (κ1) is 14.4. The molecule has 0 radical (unpaired) electrons.